The molecular weight excluding hydrogens is 588 g/mol. The lowest BCUT2D eigenvalue weighted by molar-refractivity contribution is -0.145. The first-order chi connectivity index (χ1) is 21.3. The molecule has 0 spiro atoms. The first-order valence-electron chi connectivity index (χ1n) is 16.1. The van der Waals surface area contributed by atoms with E-state index in [0.717, 1.165) is 5.56 Å². The van der Waals surface area contributed by atoms with Crippen LogP contribution in [0.25, 0.3) is 0 Å². The molecular formula is C34H52N6O6. The van der Waals surface area contributed by atoms with E-state index in [2.05, 4.69) is 26.6 Å². The van der Waals surface area contributed by atoms with E-state index in [9.17, 15) is 28.8 Å². The fraction of sp³-hybridized carbons (Fsp3) is 0.647. The molecule has 1 aliphatic heterocycles. The minimum absolute atomic E-state index is 0.0780. The maximum Gasteiger partial charge on any atom is 0.315 e. The van der Waals surface area contributed by atoms with Gasteiger partial charge < -0.3 is 31.5 Å². The largest absolute Gasteiger partial charge is 0.350 e. The molecule has 6 amide bonds. The number of piperidine rings is 1. The summed E-state index contributed by atoms with van der Waals surface area (Å²) in [6, 6.07) is 5.87. The lowest BCUT2D eigenvalue weighted by Crippen LogP contribution is -2.62. The smallest absolute Gasteiger partial charge is 0.315 e. The number of rotatable bonds is 12. The van der Waals surface area contributed by atoms with Crippen LogP contribution in [-0.2, 0) is 30.5 Å². The number of hydrogen-bond donors (Lipinski definition) is 5. The van der Waals surface area contributed by atoms with Crippen molar-refractivity contribution in [3.63, 3.8) is 0 Å². The van der Waals surface area contributed by atoms with Crippen LogP contribution in [-0.4, -0.2) is 77.1 Å². The molecule has 1 aliphatic carbocycles. The number of Topliss-reactive ketones (excluding diaryl/α,β-unsaturated/α-hetero) is 1. The molecule has 12 nitrogen and oxygen atoms in total. The maximum absolute atomic E-state index is 14.1. The van der Waals surface area contributed by atoms with E-state index in [1.165, 1.54) is 4.90 Å². The Labute approximate surface area is 272 Å². The Balaban J connectivity index is 1.70. The number of carbonyl (C=O) groups excluding carboxylic acids is 6. The third-order valence-electron chi connectivity index (χ3n) is 8.81. The van der Waals surface area contributed by atoms with Crippen LogP contribution in [0.5, 0.6) is 0 Å². The lowest BCUT2D eigenvalue weighted by Gasteiger charge is -2.38. The highest BCUT2D eigenvalue weighted by Gasteiger charge is 2.69. The summed E-state index contributed by atoms with van der Waals surface area (Å²) in [4.78, 5) is 80.6. The summed E-state index contributed by atoms with van der Waals surface area (Å²) >= 11 is 0. The molecule has 5 atom stereocenters. The summed E-state index contributed by atoms with van der Waals surface area (Å²) in [5.74, 6) is -3.24. The fourth-order valence-electron chi connectivity index (χ4n) is 6.22. The molecule has 1 saturated heterocycles. The van der Waals surface area contributed by atoms with E-state index in [-0.39, 0.29) is 36.1 Å². The molecule has 0 aromatic heterocycles. The van der Waals surface area contributed by atoms with Gasteiger partial charge in [-0.15, -0.1) is 0 Å². The highest BCUT2D eigenvalue weighted by atomic mass is 16.2. The topological polar surface area (TPSA) is 166 Å². The molecule has 254 valence electrons. The van der Waals surface area contributed by atoms with E-state index in [0.29, 0.717) is 13.0 Å². The van der Waals surface area contributed by atoms with Crippen LogP contribution in [0.15, 0.2) is 30.3 Å². The van der Waals surface area contributed by atoms with Crippen LogP contribution < -0.4 is 26.6 Å². The molecule has 0 bridgehead atoms. The molecule has 2 aliphatic rings. The van der Waals surface area contributed by atoms with Crippen LogP contribution in [0, 0.1) is 22.7 Å². The predicted molar refractivity (Wildman–Crippen MR) is 174 cm³/mol. The van der Waals surface area contributed by atoms with Gasteiger partial charge >= 0.3 is 6.03 Å². The summed E-state index contributed by atoms with van der Waals surface area (Å²) in [7, 11) is 0. The minimum Gasteiger partial charge on any atom is -0.350 e. The van der Waals surface area contributed by atoms with Crippen molar-refractivity contribution in [1.29, 1.82) is 0 Å². The summed E-state index contributed by atoms with van der Waals surface area (Å²) in [6.45, 7) is 17.2. The zero-order chi connectivity index (χ0) is 34.6. The van der Waals surface area contributed by atoms with Gasteiger partial charge in [-0.2, -0.15) is 0 Å². The van der Waals surface area contributed by atoms with Gasteiger partial charge in [0, 0.05) is 18.6 Å². The molecule has 3 rings (SSSR count). The number of nitrogens with one attached hydrogen (secondary N) is 5. The quantitative estimate of drug-likeness (QED) is 0.220. The monoisotopic (exact) mass is 640 g/mol. The number of carbonyl (C=O) groups is 6. The Morgan fingerprint density at radius 2 is 1.57 bits per heavy atom. The van der Waals surface area contributed by atoms with E-state index in [4.69, 9.17) is 0 Å². The standard InChI is InChI=1S/C34H52N6O6/c1-10-14-22(26(42)29(44)36-18-23(41)35-17-20-15-12-11-13-16-20)37-28(43)25-24-21(34(24,8)9)19-40(25)30(45)27(32(2,3)4)38-31(46)39-33(5,6)7/h11-13,15-16,21-22,24-25,27H,10,14,17-19H2,1-9H3,(H,35,41)(H,36,44)(H,37,43)(H2,38,39,46)/t21?,22?,24-,25-,27+/m0/s1. The number of nitrogens with zero attached hydrogens (tertiary/aromatic N) is 1. The first kappa shape index (κ1) is 36.5. The van der Waals surface area contributed by atoms with Gasteiger partial charge in [0.05, 0.1) is 12.6 Å². The van der Waals surface area contributed by atoms with Gasteiger partial charge in [0.2, 0.25) is 23.5 Å². The Kier molecular flexibility index (Phi) is 11.3. The van der Waals surface area contributed by atoms with Gasteiger partial charge in [0.15, 0.2) is 0 Å². The van der Waals surface area contributed by atoms with Crippen molar-refractivity contribution in [1.82, 2.24) is 31.5 Å². The van der Waals surface area contributed by atoms with E-state index >= 15 is 0 Å². The first-order valence-corrected chi connectivity index (χ1v) is 16.1. The molecule has 0 radical (unpaired) electrons. The second-order valence-electron chi connectivity index (χ2n) is 15.2. The number of likely N-dealkylation sites (tertiary alicyclic amines) is 1. The van der Waals surface area contributed by atoms with Crippen molar-refractivity contribution in [3.05, 3.63) is 35.9 Å². The third kappa shape index (κ3) is 9.07. The highest BCUT2D eigenvalue weighted by molar-refractivity contribution is 6.38. The lowest BCUT2D eigenvalue weighted by atomic mass is 9.85. The molecule has 5 N–H and O–H groups in total. The normalized spacial score (nSPS) is 21.2. The molecule has 1 aromatic carbocycles. The number of amides is 6. The van der Waals surface area contributed by atoms with Gasteiger partial charge in [-0.3, -0.25) is 24.0 Å². The fourth-order valence-corrected chi connectivity index (χ4v) is 6.22. The van der Waals surface area contributed by atoms with Gasteiger partial charge in [0.25, 0.3) is 5.91 Å². The summed E-state index contributed by atoms with van der Waals surface area (Å²) < 4.78 is 0. The summed E-state index contributed by atoms with van der Waals surface area (Å²) in [6.07, 6.45) is 0.709. The van der Waals surface area contributed by atoms with Gasteiger partial charge in [-0.05, 0) is 55.4 Å². The van der Waals surface area contributed by atoms with Crippen LogP contribution in [0.3, 0.4) is 0 Å². The van der Waals surface area contributed by atoms with Crippen molar-refractivity contribution in [2.75, 3.05) is 13.1 Å². The number of ketones is 1. The van der Waals surface area contributed by atoms with E-state index < -0.39 is 65.2 Å². The van der Waals surface area contributed by atoms with Crippen molar-refractivity contribution < 1.29 is 28.8 Å². The van der Waals surface area contributed by atoms with Crippen molar-refractivity contribution in [3.8, 4) is 0 Å². The Bertz CT molecular complexity index is 1320. The van der Waals surface area contributed by atoms with Gasteiger partial charge in [-0.1, -0.05) is 78.3 Å². The Hall–Kier alpha value is -3.96. The second-order valence-corrected chi connectivity index (χ2v) is 15.2. The molecule has 2 unspecified atom stereocenters. The van der Waals surface area contributed by atoms with Crippen LogP contribution in [0.1, 0.15) is 80.7 Å². The van der Waals surface area contributed by atoms with Gasteiger partial charge in [0.1, 0.15) is 12.1 Å². The van der Waals surface area contributed by atoms with Crippen molar-refractivity contribution in [2.45, 2.75) is 105 Å². The van der Waals surface area contributed by atoms with Crippen LogP contribution >= 0.6 is 0 Å². The number of benzene rings is 1. The average molecular weight is 641 g/mol. The van der Waals surface area contributed by atoms with Crippen LogP contribution in [0.2, 0.25) is 0 Å². The molecule has 2 fully saturated rings. The highest BCUT2D eigenvalue weighted by Crippen LogP contribution is 2.65. The molecule has 46 heavy (non-hydrogen) atoms. The molecule has 1 aromatic rings. The minimum atomic E-state index is -1.13. The molecule has 12 heteroatoms. The Morgan fingerprint density at radius 1 is 0.935 bits per heavy atom. The van der Waals surface area contributed by atoms with E-state index in [1.54, 1.807) is 0 Å². The van der Waals surface area contributed by atoms with E-state index in [1.807, 2.05) is 92.6 Å². The number of hydrogen-bond acceptors (Lipinski definition) is 6. The van der Waals surface area contributed by atoms with Crippen molar-refractivity contribution >= 4 is 35.4 Å². The van der Waals surface area contributed by atoms with Crippen LogP contribution in [0.4, 0.5) is 4.79 Å². The molecule has 1 heterocycles. The summed E-state index contributed by atoms with van der Waals surface area (Å²) in [5, 5.41) is 13.5. The number of fused-ring (bicyclic) bond motifs is 1. The Morgan fingerprint density at radius 3 is 2.13 bits per heavy atom. The molecule has 1 saturated carbocycles. The SMILES string of the molecule is CCCC(NC(=O)[C@@H]1[C@@H]2C(CN1C(=O)[C@@H](NC(=O)NC(C)(C)C)C(C)(C)C)C2(C)C)C(=O)C(=O)NCC(=O)NCc1ccccc1. The maximum atomic E-state index is 14.1. The van der Waals surface area contributed by atoms with Crippen molar-refractivity contribution in [2.24, 2.45) is 22.7 Å². The zero-order valence-electron chi connectivity index (χ0n) is 28.7. The average Bonchev–Trinajstić information content (AvgIpc) is 3.27. The zero-order valence-corrected chi connectivity index (χ0v) is 28.7. The van der Waals surface area contributed by atoms with Gasteiger partial charge in [-0.25, -0.2) is 4.79 Å². The third-order valence-corrected chi connectivity index (χ3v) is 8.81. The number of urea groups is 1. The second kappa shape index (κ2) is 14.2. The predicted octanol–water partition coefficient (Wildman–Crippen LogP) is 2.27. The summed E-state index contributed by atoms with van der Waals surface area (Å²) in [5.41, 5.74) is -0.484.